The SMILES string of the molecule is CC(=O)C/C=C\C=C(/[NH2+]CCO)C(C)=O. The number of hydrogen-bond donors (Lipinski definition) is 2. The van der Waals surface area contributed by atoms with Crippen LogP contribution < -0.4 is 5.32 Å². The number of quaternary nitrogens is 1. The van der Waals surface area contributed by atoms with Crippen LogP contribution in [-0.4, -0.2) is 29.8 Å². The van der Waals surface area contributed by atoms with E-state index in [2.05, 4.69) is 0 Å². The third-order valence-corrected chi connectivity index (χ3v) is 1.72. The highest BCUT2D eigenvalue weighted by Crippen LogP contribution is 1.89. The second-order valence-electron chi connectivity index (χ2n) is 3.23. The van der Waals surface area contributed by atoms with E-state index in [1.165, 1.54) is 13.8 Å². The number of Topliss-reactive ketones (excluding diaryl/α,β-unsaturated/α-hetero) is 2. The molecule has 0 aliphatic heterocycles. The molecular formula is C11H18NO3+. The van der Waals surface area contributed by atoms with Gasteiger partial charge in [-0.1, -0.05) is 12.2 Å². The first-order chi connectivity index (χ1) is 7.07. The van der Waals surface area contributed by atoms with Crippen molar-refractivity contribution >= 4 is 11.6 Å². The van der Waals surface area contributed by atoms with Crippen LogP contribution >= 0.6 is 0 Å². The Morgan fingerprint density at radius 2 is 2.00 bits per heavy atom. The predicted molar refractivity (Wildman–Crippen MR) is 57.1 cm³/mol. The van der Waals surface area contributed by atoms with Gasteiger partial charge in [-0.25, -0.2) is 0 Å². The van der Waals surface area contributed by atoms with Gasteiger partial charge in [0.05, 0.1) is 6.61 Å². The van der Waals surface area contributed by atoms with Crippen LogP contribution in [0.3, 0.4) is 0 Å². The first kappa shape index (κ1) is 13.7. The molecule has 4 nitrogen and oxygen atoms in total. The minimum Gasteiger partial charge on any atom is -0.391 e. The highest BCUT2D eigenvalue weighted by Gasteiger charge is 2.05. The number of allylic oxidation sites excluding steroid dienone is 4. The monoisotopic (exact) mass is 212 g/mol. The summed E-state index contributed by atoms with van der Waals surface area (Å²) in [5.41, 5.74) is 0.559. The summed E-state index contributed by atoms with van der Waals surface area (Å²) in [5.74, 6) is 0.0410. The van der Waals surface area contributed by atoms with Crippen molar-refractivity contribution in [1.82, 2.24) is 0 Å². The van der Waals surface area contributed by atoms with Crippen LogP contribution in [0.4, 0.5) is 0 Å². The normalized spacial score (nSPS) is 12.1. The van der Waals surface area contributed by atoms with Crippen molar-refractivity contribution in [3.05, 3.63) is 23.9 Å². The van der Waals surface area contributed by atoms with Gasteiger partial charge in [-0.05, 0) is 6.92 Å². The molecule has 15 heavy (non-hydrogen) atoms. The molecule has 0 fully saturated rings. The molecule has 84 valence electrons. The first-order valence-electron chi connectivity index (χ1n) is 4.89. The molecule has 4 heteroatoms. The van der Waals surface area contributed by atoms with Crippen LogP contribution in [0.25, 0.3) is 0 Å². The molecule has 0 aliphatic rings. The molecule has 0 spiro atoms. The van der Waals surface area contributed by atoms with E-state index in [-0.39, 0.29) is 18.2 Å². The lowest BCUT2D eigenvalue weighted by atomic mass is 10.2. The van der Waals surface area contributed by atoms with Crippen molar-refractivity contribution in [2.75, 3.05) is 13.2 Å². The zero-order chi connectivity index (χ0) is 11.7. The standard InChI is InChI=1S/C11H17NO3/c1-9(14)5-3-4-6-11(10(2)15)12-7-8-13/h3-4,6,12-13H,5,7-8H2,1-2H3/p+1/b4-3-,11-6-. The largest absolute Gasteiger partial charge is 0.391 e. The van der Waals surface area contributed by atoms with Crippen LogP contribution in [0.2, 0.25) is 0 Å². The highest BCUT2D eigenvalue weighted by atomic mass is 16.3. The van der Waals surface area contributed by atoms with E-state index in [1.807, 2.05) is 0 Å². The summed E-state index contributed by atoms with van der Waals surface area (Å²) in [4.78, 5) is 21.7. The molecule has 0 aromatic heterocycles. The molecule has 0 rings (SSSR count). The van der Waals surface area contributed by atoms with Crippen LogP contribution in [0.1, 0.15) is 20.3 Å². The number of aliphatic hydroxyl groups is 1. The summed E-state index contributed by atoms with van der Waals surface area (Å²) in [7, 11) is 0. The molecule has 3 N–H and O–H groups in total. The van der Waals surface area contributed by atoms with E-state index >= 15 is 0 Å². The average molecular weight is 212 g/mol. The quantitative estimate of drug-likeness (QED) is 0.443. The van der Waals surface area contributed by atoms with Gasteiger partial charge in [-0.2, -0.15) is 0 Å². The Hall–Kier alpha value is -1.26. The molecule has 0 aromatic rings. The Kier molecular flexibility index (Phi) is 7.40. The number of rotatable bonds is 7. The van der Waals surface area contributed by atoms with E-state index in [9.17, 15) is 9.59 Å². The van der Waals surface area contributed by atoms with E-state index in [4.69, 9.17) is 5.11 Å². The summed E-state index contributed by atoms with van der Waals surface area (Å²) in [6.07, 6.45) is 5.42. The van der Waals surface area contributed by atoms with Crippen molar-refractivity contribution in [3.8, 4) is 0 Å². The number of carbonyl (C=O) groups excluding carboxylic acids is 2. The minimum absolute atomic E-state index is 0.0295. The van der Waals surface area contributed by atoms with E-state index in [1.54, 1.807) is 23.5 Å². The van der Waals surface area contributed by atoms with E-state index in [0.29, 0.717) is 18.7 Å². The molecule has 0 heterocycles. The Bertz CT molecular complexity index is 280. The molecule has 0 amide bonds. The van der Waals surface area contributed by atoms with Crippen molar-refractivity contribution < 1.29 is 20.0 Å². The van der Waals surface area contributed by atoms with Gasteiger partial charge < -0.3 is 10.4 Å². The van der Waals surface area contributed by atoms with Crippen molar-refractivity contribution in [3.63, 3.8) is 0 Å². The summed E-state index contributed by atoms with van der Waals surface area (Å²) >= 11 is 0. The zero-order valence-corrected chi connectivity index (χ0v) is 9.19. The second-order valence-corrected chi connectivity index (χ2v) is 3.23. The van der Waals surface area contributed by atoms with Gasteiger partial charge in [0.2, 0.25) is 5.78 Å². The molecule has 0 saturated carbocycles. The van der Waals surface area contributed by atoms with Crippen molar-refractivity contribution in [2.45, 2.75) is 20.3 Å². The zero-order valence-electron chi connectivity index (χ0n) is 9.19. The van der Waals surface area contributed by atoms with Crippen molar-refractivity contribution in [2.24, 2.45) is 0 Å². The van der Waals surface area contributed by atoms with Gasteiger partial charge >= 0.3 is 0 Å². The number of aliphatic hydroxyl groups excluding tert-OH is 1. The number of ketones is 2. The van der Waals surface area contributed by atoms with Crippen LogP contribution in [-0.2, 0) is 9.59 Å². The minimum atomic E-state index is -0.0454. The van der Waals surface area contributed by atoms with Gasteiger partial charge in [-0.15, -0.1) is 0 Å². The molecule has 0 bridgehead atoms. The van der Waals surface area contributed by atoms with Crippen molar-refractivity contribution in [1.29, 1.82) is 0 Å². The molecule has 0 aliphatic carbocycles. The molecule has 0 aromatic carbocycles. The first-order valence-corrected chi connectivity index (χ1v) is 4.89. The summed E-state index contributed by atoms with van der Waals surface area (Å²) in [6, 6.07) is 0. The maximum Gasteiger partial charge on any atom is 0.212 e. The summed E-state index contributed by atoms with van der Waals surface area (Å²) in [5, 5.41) is 10.3. The Labute approximate surface area is 89.7 Å². The summed E-state index contributed by atoms with van der Waals surface area (Å²) in [6.45, 7) is 3.48. The third-order valence-electron chi connectivity index (χ3n) is 1.72. The smallest absolute Gasteiger partial charge is 0.212 e. The lowest BCUT2D eigenvalue weighted by Gasteiger charge is -1.98. The molecule has 0 unspecified atom stereocenters. The fraction of sp³-hybridized carbons (Fsp3) is 0.455. The Morgan fingerprint density at radius 1 is 1.33 bits per heavy atom. The van der Waals surface area contributed by atoms with Gasteiger partial charge in [-0.3, -0.25) is 9.59 Å². The van der Waals surface area contributed by atoms with Gasteiger partial charge in [0.25, 0.3) is 0 Å². The predicted octanol–water partition coefficient (Wildman–Crippen LogP) is -0.450. The number of hydrogen-bond acceptors (Lipinski definition) is 3. The number of nitrogens with two attached hydrogens (primary N) is 1. The Morgan fingerprint density at radius 3 is 2.47 bits per heavy atom. The Balaban J connectivity index is 4.22. The van der Waals surface area contributed by atoms with E-state index in [0.717, 1.165) is 0 Å². The fourth-order valence-electron chi connectivity index (χ4n) is 0.955. The highest BCUT2D eigenvalue weighted by molar-refractivity contribution is 5.90. The lowest BCUT2D eigenvalue weighted by molar-refractivity contribution is -0.601. The topological polar surface area (TPSA) is 71.0 Å². The summed E-state index contributed by atoms with van der Waals surface area (Å²) < 4.78 is 0. The lowest BCUT2D eigenvalue weighted by Crippen LogP contribution is -2.84. The molecule has 0 atom stereocenters. The van der Waals surface area contributed by atoms with Crippen LogP contribution in [0, 0.1) is 0 Å². The second kappa shape index (κ2) is 8.08. The van der Waals surface area contributed by atoms with Gasteiger partial charge in [0, 0.05) is 19.4 Å². The maximum atomic E-state index is 11.1. The average Bonchev–Trinajstić information content (AvgIpc) is 2.15. The number of carbonyl (C=O) groups is 2. The molecule has 0 saturated heterocycles. The maximum absolute atomic E-state index is 11.1. The van der Waals surface area contributed by atoms with Crippen LogP contribution in [0.15, 0.2) is 23.9 Å². The van der Waals surface area contributed by atoms with Gasteiger partial charge in [0.15, 0.2) is 5.70 Å². The third kappa shape index (κ3) is 7.78. The fourth-order valence-corrected chi connectivity index (χ4v) is 0.955. The van der Waals surface area contributed by atoms with E-state index < -0.39 is 0 Å². The molecule has 0 radical (unpaired) electrons. The van der Waals surface area contributed by atoms with Gasteiger partial charge in [0.1, 0.15) is 12.3 Å². The van der Waals surface area contributed by atoms with Crippen LogP contribution in [0.5, 0.6) is 0 Å². The molecular weight excluding hydrogens is 194 g/mol.